The lowest BCUT2D eigenvalue weighted by molar-refractivity contribution is 1.09. The minimum atomic E-state index is 0.557. The van der Waals surface area contributed by atoms with Gasteiger partial charge in [-0.05, 0) is 56.6 Å². The lowest BCUT2D eigenvalue weighted by Crippen LogP contribution is -2.04. The maximum Gasteiger partial charge on any atom is 0.146 e. The molecule has 5 heterocycles. The maximum absolute atomic E-state index is 11.0. The number of pyridine rings is 3. The average Bonchev–Trinajstić information content (AvgIpc) is 3.64. The largest absolute Gasteiger partial charge is 0.305 e. The summed E-state index contributed by atoms with van der Waals surface area (Å²) in [4.78, 5) is 14.4. The van der Waals surface area contributed by atoms with Crippen molar-refractivity contribution in [3.8, 4) is 17.4 Å². The lowest BCUT2D eigenvalue weighted by Gasteiger charge is -2.15. The molecule has 0 fully saturated rings. The van der Waals surface area contributed by atoms with Gasteiger partial charge >= 0.3 is 0 Å². The Hall–Kier alpha value is -6.58. The van der Waals surface area contributed by atoms with Crippen LogP contribution in [0.5, 0.6) is 0 Å². The Bertz CT molecular complexity index is 2730. The van der Waals surface area contributed by atoms with E-state index in [1.54, 1.807) is 0 Å². The van der Waals surface area contributed by atoms with E-state index in [0.29, 0.717) is 5.56 Å². The van der Waals surface area contributed by atoms with E-state index < -0.39 is 0 Å². The van der Waals surface area contributed by atoms with Crippen LogP contribution >= 0.6 is 0 Å². The molecule has 6 aromatic carbocycles. The van der Waals surface area contributed by atoms with Crippen molar-refractivity contribution in [3.63, 3.8) is 0 Å². The summed E-state index contributed by atoms with van der Waals surface area (Å²) in [7, 11) is 0. The third-order valence-corrected chi connectivity index (χ3v) is 9.89. The van der Waals surface area contributed by atoms with Gasteiger partial charge in [0.05, 0.1) is 40.3 Å². The highest BCUT2D eigenvalue weighted by molar-refractivity contribution is 6.35. The standard InChI is InChI=1S/C40H20N6/c41-17-28-31(45-34-20-42-18-29-24-9-3-4-10-25(24)30-19-43-21-35(45)38(30)37(29)34)12-6-13-32(28)46-33-14-5-11-26-22-7-1-2-8-23(22)27-15-16-44-40(46)39(27)36(26)33/h1-16,18-21H. The Morgan fingerprint density at radius 3 is 1.61 bits per heavy atom. The molecule has 0 saturated heterocycles. The van der Waals surface area contributed by atoms with E-state index >= 15 is 0 Å². The van der Waals surface area contributed by atoms with E-state index in [2.05, 4.69) is 88.0 Å². The predicted molar refractivity (Wildman–Crippen MR) is 186 cm³/mol. The van der Waals surface area contributed by atoms with Gasteiger partial charge in [-0.1, -0.05) is 66.7 Å². The highest BCUT2D eigenvalue weighted by Crippen LogP contribution is 2.45. The Kier molecular flexibility index (Phi) is 4.31. The molecule has 0 aliphatic carbocycles. The smallest absolute Gasteiger partial charge is 0.146 e. The van der Waals surface area contributed by atoms with E-state index in [9.17, 15) is 5.26 Å². The van der Waals surface area contributed by atoms with Crippen molar-refractivity contribution in [2.24, 2.45) is 0 Å². The van der Waals surface area contributed by atoms with Gasteiger partial charge in [-0.2, -0.15) is 5.26 Å². The first-order valence-corrected chi connectivity index (χ1v) is 15.2. The molecule has 0 N–H and O–H groups in total. The van der Waals surface area contributed by atoms with Crippen molar-refractivity contribution < 1.29 is 0 Å². The monoisotopic (exact) mass is 584 g/mol. The number of rotatable bonds is 2. The van der Waals surface area contributed by atoms with Gasteiger partial charge in [0.25, 0.3) is 0 Å². The van der Waals surface area contributed by atoms with Crippen LogP contribution in [0.3, 0.4) is 0 Å². The molecule has 0 aliphatic rings. The summed E-state index contributed by atoms with van der Waals surface area (Å²) in [5.41, 5.74) is 5.89. The zero-order valence-corrected chi connectivity index (χ0v) is 24.2. The Balaban J connectivity index is 1.30. The normalized spacial score (nSPS) is 12.3. The van der Waals surface area contributed by atoms with E-state index in [1.165, 1.54) is 16.2 Å². The quantitative estimate of drug-likeness (QED) is 0.190. The molecular weight excluding hydrogens is 564 g/mol. The van der Waals surface area contributed by atoms with Gasteiger partial charge in [0.15, 0.2) is 0 Å². The lowest BCUT2D eigenvalue weighted by atomic mass is 9.96. The third kappa shape index (κ3) is 2.71. The fourth-order valence-corrected chi connectivity index (χ4v) is 8.15. The van der Waals surface area contributed by atoms with Crippen molar-refractivity contribution in [2.75, 3.05) is 0 Å². The molecule has 0 saturated carbocycles. The van der Waals surface area contributed by atoms with Crippen LogP contribution < -0.4 is 0 Å². The average molecular weight is 585 g/mol. The van der Waals surface area contributed by atoms with Gasteiger partial charge in [0.2, 0.25) is 0 Å². The predicted octanol–water partition coefficient (Wildman–Crippen LogP) is 9.43. The molecule has 0 spiro atoms. The topological polar surface area (TPSA) is 72.3 Å². The Morgan fingerprint density at radius 1 is 0.457 bits per heavy atom. The van der Waals surface area contributed by atoms with Crippen LogP contribution in [0.2, 0.25) is 0 Å². The van der Waals surface area contributed by atoms with Gasteiger partial charge in [-0.25, -0.2) is 4.98 Å². The molecule has 11 aromatic rings. The van der Waals surface area contributed by atoms with Crippen molar-refractivity contribution >= 4 is 86.8 Å². The number of fused-ring (bicyclic) bond motifs is 6. The second kappa shape index (κ2) is 8.32. The number of hydrogen-bond acceptors (Lipinski definition) is 4. The van der Waals surface area contributed by atoms with Gasteiger partial charge in [0.1, 0.15) is 17.3 Å². The summed E-state index contributed by atoms with van der Waals surface area (Å²) in [6, 6.07) is 34.2. The second-order valence-corrected chi connectivity index (χ2v) is 12.0. The second-order valence-electron chi connectivity index (χ2n) is 12.0. The third-order valence-electron chi connectivity index (χ3n) is 9.89. The fourth-order valence-electron chi connectivity index (χ4n) is 8.15. The molecule has 0 amide bonds. The van der Waals surface area contributed by atoms with Crippen molar-refractivity contribution in [1.82, 2.24) is 24.1 Å². The van der Waals surface area contributed by atoms with Crippen LogP contribution in [0.4, 0.5) is 0 Å². The summed E-state index contributed by atoms with van der Waals surface area (Å²) in [5, 5.41) is 24.8. The van der Waals surface area contributed by atoms with E-state index in [0.717, 1.165) is 82.0 Å². The van der Waals surface area contributed by atoms with Crippen LogP contribution in [-0.2, 0) is 0 Å². The zero-order valence-electron chi connectivity index (χ0n) is 24.2. The summed E-state index contributed by atoms with van der Waals surface area (Å²) in [6.07, 6.45) is 9.60. The molecule has 46 heavy (non-hydrogen) atoms. The number of hydrogen-bond donors (Lipinski definition) is 0. The molecule has 6 nitrogen and oxygen atoms in total. The minimum Gasteiger partial charge on any atom is -0.305 e. The van der Waals surface area contributed by atoms with Crippen LogP contribution in [0, 0.1) is 11.3 Å². The van der Waals surface area contributed by atoms with Crippen LogP contribution in [0.25, 0.3) is 98.2 Å². The van der Waals surface area contributed by atoms with Crippen LogP contribution in [0.1, 0.15) is 5.56 Å². The summed E-state index contributed by atoms with van der Waals surface area (Å²) < 4.78 is 4.33. The number of benzene rings is 6. The summed E-state index contributed by atoms with van der Waals surface area (Å²) in [5.74, 6) is 0. The molecule has 0 bridgehead atoms. The SMILES string of the molecule is N#Cc1c(-n2c3cncc4c5ccccc5c5cncc2c5c43)cccc1-n1c2cccc3c4ccccc4c4ccnc1c4c32. The van der Waals surface area contributed by atoms with Crippen LogP contribution in [-0.4, -0.2) is 24.1 Å². The fraction of sp³-hybridized carbons (Fsp3) is 0. The zero-order chi connectivity index (χ0) is 30.1. The Labute approximate surface area is 260 Å². The number of nitriles is 1. The molecule has 210 valence electrons. The first-order chi connectivity index (χ1) is 22.8. The molecule has 0 unspecified atom stereocenters. The molecule has 5 aromatic heterocycles. The molecule has 11 rings (SSSR count). The van der Waals surface area contributed by atoms with Gasteiger partial charge in [-0.3, -0.25) is 14.5 Å². The van der Waals surface area contributed by atoms with Crippen LogP contribution in [0.15, 0.2) is 122 Å². The molecular formula is C40H20N6. The van der Waals surface area contributed by atoms with Crippen molar-refractivity contribution in [1.29, 1.82) is 5.26 Å². The highest BCUT2D eigenvalue weighted by atomic mass is 15.1. The Morgan fingerprint density at radius 2 is 0.978 bits per heavy atom. The molecule has 0 atom stereocenters. The van der Waals surface area contributed by atoms with E-state index in [4.69, 9.17) is 15.0 Å². The maximum atomic E-state index is 11.0. The molecule has 6 heteroatoms. The number of aromatic nitrogens is 5. The van der Waals surface area contributed by atoms with Crippen molar-refractivity contribution in [3.05, 3.63) is 128 Å². The number of nitrogens with zero attached hydrogens (tertiary/aromatic N) is 6. The first kappa shape index (κ1) is 23.8. The van der Waals surface area contributed by atoms with Crippen molar-refractivity contribution in [2.45, 2.75) is 0 Å². The first-order valence-electron chi connectivity index (χ1n) is 15.2. The van der Waals surface area contributed by atoms with E-state index in [1.807, 2.05) is 49.2 Å². The highest BCUT2D eigenvalue weighted by Gasteiger charge is 2.25. The summed E-state index contributed by atoms with van der Waals surface area (Å²) in [6.45, 7) is 0. The summed E-state index contributed by atoms with van der Waals surface area (Å²) >= 11 is 0. The molecule has 0 aliphatic heterocycles. The van der Waals surface area contributed by atoms with Gasteiger partial charge in [0, 0.05) is 50.9 Å². The molecule has 0 radical (unpaired) electrons. The minimum absolute atomic E-state index is 0.557. The van der Waals surface area contributed by atoms with E-state index in [-0.39, 0.29) is 0 Å². The van der Waals surface area contributed by atoms with Gasteiger partial charge < -0.3 is 4.57 Å². The van der Waals surface area contributed by atoms with Gasteiger partial charge in [-0.15, -0.1) is 0 Å².